The lowest BCUT2D eigenvalue weighted by Crippen LogP contribution is -2.16. The van der Waals surface area contributed by atoms with Crippen LogP contribution in [0.4, 0.5) is 5.95 Å². The molecule has 0 amide bonds. The van der Waals surface area contributed by atoms with Gasteiger partial charge in [-0.05, 0) is 38.0 Å². The fourth-order valence-electron chi connectivity index (χ4n) is 3.25. The van der Waals surface area contributed by atoms with Gasteiger partial charge in [-0.1, -0.05) is 18.9 Å². The van der Waals surface area contributed by atoms with E-state index in [1.165, 1.54) is 25.7 Å². The molecule has 5 nitrogen and oxygen atoms in total. The molecule has 0 aliphatic heterocycles. The van der Waals surface area contributed by atoms with Gasteiger partial charge in [-0.2, -0.15) is 5.10 Å². The van der Waals surface area contributed by atoms with Crippen molar-refractivity contribution in [3.8, 4) is 11.3 Å². The van der Waals surface area contributed by atoms with Gasteiger partial charge in [-0.25, -0.2) is 14.5 Å². The van der Waals surface area contributed by atoms with Crippen LogP contribution in [0.2, 0.25) is 0 Å². The van der Waals surface area contributed by atoms with Gasteiger partial charge in [0.15, 0.2) is 0 Å². The smallest absolute Gasteiger partial charge is 0.223 e. The maximum atomic E-state index is 4.71. The largest absolute Gasteiger partial charge is 0.351 e. The van der Waals surface area contributed by atoms with Crippen LogP contribution in [0.5, 0.6) is 0 Å². The lowest BCUT2D eigenvalue weighted by Gasteiger charge is -2.12. The highest BCUT2D eigenvalue weighted by molar-refractivity contribution is 5.80. The number of pyridine rings is 1. The Hall–Kier alpha value is -2.43. The van der Waals surface area contributed by atoms with E-state index >= 15 is 0 Å². The van der Waals surface area contributed by atoms with Gasteiger partial charge in [0.25, 0.3) is 0 Å². The fourth-order valence-corrected chi connectivity index (χ4v) is 3.25. The molecule has 1 aliphatic carbocycles. The number of rotatable bonds is 3. The maximum Gasteiger partial charge on any atom is 0.223 e. The lowest BCUT2D eigenvalue weighted by atomic mass is 10.1. The van der Waals surface area contributed by atoms with Crippen LogP contribution in [0.3, 0.4) is 0 Å². The number of hydrogen-bond donors (Lipinski definition) is 1. The zero-order valence-corrected chi connectivity index (χ0v) is 12.7. The monoisotopic (exact) mass is 293 g/mol. The third-order valence-electron chi connectivity index (χ3n) is 4.32. The molecular formula is C17H19N5. The molecule has 112 valence electrons. The van der Waals surface area contributed by atoms with Gasteiger partial charge >= 0.3 is 0 Å². The van der Waals surface area contributed by atoms with Crippen molar-refractivity contribution in [2.45, 2.75) is 38.6 Å². The Labute approximate surface area is 129 Å². The number of hydrogen-bond acceptors (Lipinski definition) is 4. The molecule has 1 fully saturated rings. The van der Waals surface area contributed by atoms with E-state index in [1.807, 2.05) is 42.0 Å². The Bertz CT molecular complexity index is 802. The average Bonchev–Trinajstić information content (AvgIpc) is 3.14. The van der Waals surface area contributed by atoms with E-state index < -0.39 is 0 Å². The zero-order chi connectivity index (χ0) is 14.9. The minimum atomic E-state index is 0.514. The van der Waals surface area contributed by atoms with E-state index in [0.29, 0.717) is 6.04 Å². The Kier molecular flexibility index (Phi) is 3.25. The summed E-state index contributed by atoms with van der Waals surface area (Å²) < 4.78 is 1.90. The van der Waals surface area contributed by atoms with Crippen LogP contribution in [0.15, 0.2) is 36.7 Å². The van der Waals surface area contributed by atoms with Gasteiger partial charge in [0.1, 0.15) is 0 Å². The van der Waals surface area contributed by atoms with Crippen molar-refractivity contribution >= 4 is 11.5 Å². The highest BCUT2D eigenvalue weighted by Gasteiger charge is 2.17. The Morgan fingerprint density at radius 1 is 1.18 bits per heavy atom. The van der Waals surface area contributed by atoms with E-state index in [1.54, 1.807) is 0 Å². The normalized spacial score (nSPS) is 15.5. The average molecular weight is 293 g/mol. The molecule has 0 saturated heterocycles. The van der Waals surface area contributed by atoms with Crippen molar-refractivity contribution in [2.24, 2.45) is 0 Å². The molecule has 0 atom stereocenters. The molecule has 22 heavy (non-hydrogen) atoms. The topological polar surface area (TPSA) is 55.1 Å². The summed E-state index contributed by atoms with van der Waals surface area (Å²) in [5.74, 6) is 0.721. The summed E-state index contributed by atoms with van der Waals surface area (Å²) in [6.07, 6.45) is 8.80. The minimum absolute atomic E-state index is 0.514. The summed E-state index contributed by atoms with van der Waals surface area (Å²) in [7, 11) is 0. The number of nitrogens with one attached hydrogen (secondary N) is 1. The third-order valence-corrected chi connectivity index (χ3v) is 4.32. The fraction of sp³-hybridized carbons (Fsp3) is 0.353. The first-order chi connectivity index (χ1) is 10.8. The molecule has 0 aromatic carbocycles. The summed E-state index contributed by atoms with van der Waals surface area (Å²) in [6.45, 7) is 2.02. The first-order valence-electron chi connectivity index (χ1n) is 7.85. The SMILES string of the molecule is Cc1nn2ccccc2c1-c1ccnc(NC2CCCC2)n1. The van der Waals surface area contributed by atoms with E-state index in [4.69, 9.17) is 4.98 Å². The zero-order valence-electron chi connectivity index (χ0n) is 12.7. The van der Waals surface area contributed by atoms with Gasteiger partial charge in [0.05, 0.1) is 16.9 Å². The van der Waals surface area contributed by atoms with Crippen LogP contribution in [-0.4, -0.2) is 25.6 Å². The second kappa shape index (κ2) is 5.40. The van der Waals surface area contributed by atoms with Crippen LogP contribution in [0.1, 0.15) is 31.4 Å². The molecule has 0 spiro atoms. The highest BCUT2D eigenvalue weighted by Crippen LogP contribution is 2.27. The Balaban J connectivity index is 1.73. The van der Waals surface area contributed by atoms with Crippen LogP contribution in [0.25, 0.3) is 16.8 Å². The maximum absolute atomic E-state index is 4.71. The van der Waals surface area contributed by atoms with Crippen LogP contribution in [0, 0.1) is 6.92 Å². The summed E-state index contributed by atoms with van der Waals surface area (Å²) in [6, 6.07) is 8.55. The van der Waals surface area contributed by atoms with Gasteiger partial charge in [-0.15, -0.1) is 0 Å². The standard InChI is InChI=1S/C17H19N5/c1-12-16(15-8-4-5-11-22(15)21-12)14-9-10-18-17(20-14)19-13-6-2-3-7-13/h4-5,8-11,13H,2-3,6-7H2,1H3,(H,18,19,20). The van der Waals surface area contributed by atoms with Crippen molar-refractivity contribution < 1.29 is 0 Å². The third kappa shape index (κ3) is 2.32. The van der Waals surface area contributed by atoms with Crippen LogP contribution < -0.4 is 5.32 Å². The molecule has 1 saturated carbocycles. The number of aryl methyl sites for hydroxylation is 1. The molecule has 1 aliphatic rings. The Morgan fingerprint density at radius 3 is 2.91 bits per heavy atom. The number of nitrogens with zero attached hydrogens (tertiary/aromatic N) is 4. The van der Waals surface area contributed by atoms with E-state index in [2.05, 4.69) is 21.5 Å². The first kappa shape index (κ1) is 13.2. The summed E-state index contributed by atoms with van der Waals surface area (Å²) in [5, 5.41) is 8.02. The molecule has 1 N–H and O–H groups in total. The van der Waals surface area contributed by atoms with E-state index in [-0.39, 0.29) is 0 Å². The summed E-state index contributed by atoms with van der Waals surface area (Å²) in [4.78, 5) is 9.09. The van der Waals surface area contributed by atoms with E-state index in [0.717, 1.165) is 28.4 Å². The predicted molar refractivity (Wildman–Crippen MR) is 86.8 cm³/mol. The minimum Gasteiger partial charge on any atom is -0.351 e. The number of aromatic nitrogens is 4. The molecule has 0 unspecified atom stereocenters. The molecular weight excluding hydrogens is 274 g/mol. The molecule has 3 aromatic heterocycles. The van der Waals surface area contributed by atoms with Crippen molar-refractivity contribution in [2.75, 3.05) is 5.32 Å². The molecule has 4 rings (SSSR count). The van der Waals surface area contributed by atoms with Crippen molar-refractivity contribution in [3.05, 3.63) is 42.4 Å². The molecule has 0 radical (unpaired) electrons. The van der Waals surface area contributed by atoms with Gasteiger partial charge in [0.2, 0.25) is 5.95 Å². The van der Waals surface area contributed by atoms with Crippen molar-refractivity contribution in [1.29, 1.82) is 0 Å². The van der Waals surface area contributed by atoms with Gasteiger partial charge in [0, 0.05) is 24.0 Å². The van der Waals surface area contributed by atoms with Crippen LogP contribution in [-0.2, 0) is 0 Å². The summed E-state index contributed by atoms with van der Waals surface area (Å²) >= 11 is 0. The van der Waals surface area contributed by atoms with Gasteiger partial charge < -0.3 is 5.32 Å². The first-order valence-corrected chi connectivity index (χ1v) is 7.85. The predicted octanol–water partition coefficient (Wildman–Crippen LogP) is 3.45. The van der Waals surface area contributed by atoms with E-state index in [9.17, 15) is 0 Å². The lowest BCUT2D eigenvalue weighted by molar-refractivity contribution is 0.744. The number of anilines is 1. The Morgan fingerprint density at radius 2 is 2.05 bits per heavy atom. The van der Waals surface area contributed by atoms with Crippen molar-refractivity contribution in [1.82, 2.24) is 19.6 Å². The second-order valence-corrected chi connectivity index (χ2v) is 5.88. The van der Waals surface area contributed by atoms with Gasteiger partial charge in [-0.3, -0.25) is 0 Å². The number of fused-ring (bicyclic) bond motifs is 1. The highest BCUT2D eigenvalue weighted by atomic mass is 15.2. The molecule has 0 bridgehead atoms. The van der Waals surface area contributed by atoms with Crippen molar-refractivity contribution in [3.63, 3.8) is 0 Å². The second-order valence-electron chi connectivity index (χ2n) is 5.88. The summed E-state index contributed by atoms with van der Waals surface area (Å²) in [5.41, 5.74) is 4.06. The molecule has 3 aromatic rings. The molecule has 3 heterocycles. The van der Waals surface area contributed by atoms with Crippen LogP contribution >= 0.6 is 0 Å². The quantitative estimate of drug-likeness (QED) is 0.803. The molecule has 5 heteroatoms.